The van der Waals surface area contributed by atoms with E-state index < -0.39 is 21.2 Å². The highest BCUT2D eigenvalue weighted by atomic mass is 79.9. The van der Waals surface area contributed by atoms with Gasteiger partial charge >= 0.3 is 10.2 Å². The third-order valence-electron chi connectivity index (χ3n) is 3.46. The fourth-order valence-electron chi connectivity index (χ4n) is 2.09. The van der Waals surface area contributed by atoms with Gasteiger partial charge in [0.25, 0.3) is 5.69 Å². The molecule has 0 amide bonds. The van der Waals surface area contributed by atoms with Crippen molar-refractivity contribution >= 4 is 31.8 Å². The Labute approximate surface area is 147 Å². The van der Waals surface area contributed by atoms with E-state index in [1.165, 1.54) is 39.3 Å². The van der Waals surface area contributed by atoms with E-state index in [1.54, 1.807) is 0 Å². The van der Waals surface area contributed by atoms with Gasteiger partial charge in [-0.15, -0.1) is 0 Å². The fourth-order valence-corrected chi connectivity index (χ4v) is 3.34. The largest absolute Gasteiger partial charge is 0.382 e. The van der Waals surface area contributed by atoms with Crippen LogP contribution in [-0.4, -0.2) is 45.8 Å². The molecule has 0 aliphatic rings. The van der Waals surface area contributed by atoms with Crippen LogP contribution >= 0.6 is 15.9 Å². The minimum atomic E-state index is -3.75. The van der Waals surface area contributed by atoms with E-state index in [0.717, 1.165) is 14.6 Å². The van der Waals surface area contributed by atoms with E-state index in [9.17, 15) is 23.6 Å². The van der Waals surface area contributed by atoms with Gasteiger partial charge in [0, 0.05) is 36.4 Å². The van der Waals surface area contributed by atoms with Gasteiger partial charge in [0.15, 0.2) is 0 Å². The molecular formula is C13H15BrN4O5S. The number of nitrogens with zero attached hydrogens (tertiary/aromatic N) is 4. The molecule has 2 rings (SSSR count). The van der Waals surface area contributed by atoms with Gasteiger partial charge in [0.2, 0.25) is 0 Å². The number of imidazole rings is 1. The first-order valence-corrected chi connectivity index (χ1v) is 8.84. The lowest BCUT2D eigenvalue weighted by atomic mass is 10.00. The molecule has 0 fully saturated rings. The minimum Gasteiger partial charge on any atom is -0.382 e. The predicted octanol–water partition coefficient (Wildman–Crippen LogP) is 1.60. The van der Waals surface area contributed by atoms with Crippen molar-refractivity contribution < 1.29 is 18.4 Å². The molecule has 1 N–H and O–H groups in total. The van der Waals surface area contributed by atoms with Crippen molar-refractivity contribution in [3.63, 3.8) is 0 Å². The van der Waals surface area contributed by atoms with Crippen molar-refractivity contribution in [2.45, 2.75) is 13.0 Å². The standard InChI is InChI=1S/C13H15BrN4O5S/c1-8-10(4-9(14)5-12(8)18(20)21)13(19)11-6-17(7-15-11)24(22,23)16(2)3/h4-7,13,19H,1-3H3. The van der Waals surface area contributed by atoms with E-state index in [4.69, 9.17) is 0 Å². The van der Waals surface area contributed by atoms with Gasteiger partial charge in [0.05, 0.1) is 10.6 Å². The Hall–Kier alpha value is -1.82. The van der Waals surface area contributed by atoms with Crippen molar-refractivity contribution in [3.8, 4) is 0 Å². The molecule has 24 heavy (non-hydrogen) atoms. The van der Waals surface area contributed by atoms with Crippen LogP contribution in [0.4, 0.5) is 5.69 Å². The van der Waals surface area contributed by atoms with Gasteiger partial charge in [0.1, 0.15) is 12.4 Å². The Kier molecular flexibility index (Phi) is 5.08. The lowest BCUT2D eigenvalue weighted by Crippen LogP contribution is -2.27. The van der Waals surface area contributed by atoms with Gasteiger partial charge in [-0.05, 0) is 18.6 Å². The van der Waals surface area contributed by atoms with Crippen molar-refractivity contribution in [1.29, 1.82) is 0 Å². The molecule has 1 unspecified atom stereocenters. The summed E-state index contributed by atoms with van der Waals surface area (Å²) >= 11 is 3.17. The maximum Gasteiger partial charge on any atom is 0.308 e. The fraction of sp³-hybridized carbons (Fsp3) is 0.308. The summed E-state index contributed by atoms with van der Waals surface area (Å²) in [6.07, 6.45) is 0.932. The molecule has 0 radical (unpaired) electrons. The molecule has 2 aromatic rings. The molecule has 0 saturated carbocycles. The molecule has 1 aromatic carbocycles. The second kappa shape index (κ2) is 6.59. The third-order valence-corrected chi connectivity index (χ3v) is 5.58. The van der Waals surface area contributed by atoms with Crippen LogP contribution in [0, 0.1) is 17.0 Å². The van der Waals surface area contributed by atoms with E-state index >= 15 is 0 Å². The molecule has 130 valence electrons. The zero-order valence-electron chi connectivity index (χ0n) is 13.0. The van der Waals surface area contributed by atoms with Gasteiger partial charge in [-0.3, -0.25) is 10.1 Å². The second-order valence-electron chi connectivity index (χ2n) is 5.22. The molecule has 0 saturated heterocycles. The molecule has 1 heterocycles. The summed E-state index contributed by atoms with van der Waals surface area (Å²) in [5.41, 5.74) is 0.457. The number of nitro benzene ring substituents is 1. The van der Waals surface area contributed by atoms with Crippen molar-refractivity contribution in [2.75, 3.05) is 14.1 Å². The van der Waals surface area contributed by atoms with Crippen LogP contribution in [-0.2, 0) is 10.2 Å². The molecule has 0 spiro atoms. The number of benzene rings is 1. The number of aliphatic hydroxyl groups excluding tert-OH is 1. The van der Waals surface area contributed by atoms with E-state index in [2.05, 4.69) is 20.9 Å². The summed E-state index contributed by atoms with van der Waals surface area (Å²) in [4.78, 5) is 14.5. The zero-order valence-corrected chi connectivity index (χ0v) is 15.4. The van der Waals surface area contributed by atoms with Gasteiger partial charge in [-0.1, -0.05) is 15.9 Å². The highest BCUT2D eigenvalue weighted by Gasteiger charge is 2.24. The van der Waals surface area contributed by atoms with Crippen molar-refractivity contribution in [1.82, 2.24) is 13.3 Å². The minimum absolute atomic E-state index is 0.0657. The van der Waals surface area contributed by atoms with Crippen LogP contribution in [0.1, 0.15) is 22.9 Å². The number of nitro groups is 1. The molecule has 1 aromatic heterocycles. The third kappa shape index (κ3) is 3.34. The van der Waals surface area contributed by atoms with E-state index in [-0.39, 0.29) is 22.5 Å². The first-order chi connectivity index (χ1) is 11.1. The average molecular weight is 419 g/mol. The summed E-state index contributed by atoms with van der Waals surface area (Å²) in [6.45, 7) is 1.51. The van der Waals surface area contributed by atoms with Gasteiger partial charge < -0.3 is 5.11 Å². The van der Waals surface area contributed by atoms with Crippen LogP contribution in [0.5, 0.6) is 0 Å². The first kappa shape index (κ1) is 18.5. The molecule has 9 nitrogen and oxygen atoms in total. The summed E-state index contributed by atoms with van der Waals surface area (Å²) in [5, 5.41) is 21.6. The lowest BCUT2D eigenvalue weighted by Gasteiger charge is -2.13. The predicted molar refractivity (Wildman–Crippen MR) is 89.8 cm³/mol. The van der Waals surface area contributed by atoms with Crippen LogP contribution in [0.3, 0.4) is 0 Å². The summed E-state index contributed by atoms with van der Waals surface area (Å²) in [6, 6.07) is 2.87. The lowest BCUT2D eigenvalue weighted by molar-refractivity contribution is -0.385. The van der Waals surface area contributed by atoms with Gasteiger partial charge in [-0.25, -0.2) is 8.96 Å². The second-order valence-corrected chi connectivity index (χ2v) is 8.18. The van der Waals surface area contributed by atoms with Crippen molar-refractivity contribution in [2.24, 2.45) is 0 Å². The molecule has 0 aliphatic carbocycles. The molecule has 1 atom stereocenters. The number of rotatable bonds is 5. The smallest absolute Gasteiger partial charge is 0.308 e. The Morgan fingerprint density at radius 3 is 2.58 bits per heavy atom. The normalized spacial score (nSPS) is 13.2. The monoisotopic (exact) mass is 418 g/mol. The molecule has 0 aliphatic heterocycles. The summed E-state index contributed by atoms with van der Waals surface area (Å²) in [7, 11) is -1.02. The number of hydrogen-bond acceptors (Lipinski definition) is 6. The van der Waals surface area contributed by atoms with Gasteiger partial charge in [-0.2, -0.15) is 12.7 Å². The summed E-state index contributed by atoms with van der Waals surface area (Å²) in [5.74, 6) is 0. The first-order valence-electron chi connectivity index (χ1n) is 6.65. The Morgan fingerprint density at radius 2 is 2.04 bits per heavy atom. The Balaban J connectivity index is 2.50. The zero-order chi connectivity index (χ0) is 18.2. The maximum atomic E-state index is 12.0. The average Bonchev–Trinajstić information content (AvgIpc) is 2.98. The SMILES string of the molecule is Cc1c(C(O)c2cn(S(=O)(=O)N(C)C)cn2)cc(Br)cc1[N+](=O)[O-]. The highest BCUT2D eigenvalue weighted by Crippen LogP contribution is 2.33. The van der Waals surface area contributed by atoms with Crippen LogP contribution in [0.25, 0.3) is 0 Å². The van der Waals surface area contributed by atoms with E-state index in [1.807, 2.05) is 0 Å². The van der Waals surface area contributed by atoms with Crippen LogP contribution in [0.2, 0.25) is 0 Å². The number of aromatic nitrogens is 2. The maximum absolute atomic E-state index is 12.0. The summed E-state index contributed by atoms with van der Waals surface area (Å²) < 4.78 is 26.4. The molecule has 11 heteroatoms. The molecule has 0 bridgehead atoms. The quantitative estimate of drug-likeness (QED) is 0.581. The Morgan fingerprint density at radius 1 is 1.42 bits per heavy atom. The highest BCUT2D eigenvalue weighted by molar-refractivity contribution is 9.10. The Bertz CT molecular complexity index is 894. The van der Waals surface area contributed by atoms with Crippen LogP contribution in [0.15, 0.2) is 29.1 Å². The number of aliphatic hydroxyl groups is 1. The topological polar surface area (TPSA) is 119 Å². The number of hydrogen-bond donors (Lipinski definition) is 1. The number of halogens is 1. The van der Waals surface area contributed by atoms with E-state index in [0.29, 0.717) is 4.47 Å². The van der Waals surface area contributed by atoms with Crippen LogP contribution < -0.4 is 0 Å². The van der Waals surface area contributed by atoms with Crippen molar-refractivity contribution in [3.05, 3.63) is 56.1 Å². The molecular weight excluding hydrogens is 404 g/mol.